The van der Waals surface area contributed by atoms with Crippen molar-refractivity contribution in [3.05, 3.63) is 58.9 Å². The first-order valence-electron chi connectivity index (χ1n) is 10.1. The van der Waals surface area contributed by atoms with Gasteiger partial charge in [-0.05, 0) is 42.8 Å². The van der Waals surface area contributed by atoms with E-state index in [4.69, 9.17) is 4.74 Å². The number of piperazine rings is 1. The van der Waals surface area contributed by atoms with Gasteiger partial charge in [0.2, 0.25) is 5.91 Å². The van der Waals surface area contributed by atoms with Crippen LogP contribution in [-0.4, -0.2) is 59.1 Å². The second-order valence-electron chi connectivity index (χ2n) is 7.30. The molecule has 0 N–H and O–H groups in total. The van der Waals surface area contributed by atoms with Crippen LogP contribution in [0.2, 0.25) is 0 Å². The van der Waals surface area contributed by atoms with Gasteiger partial charge in [-0.15, -0.1) is 5.10 Å². The number of amides is 1. The lowest BCUT2D eigenvalue weighted by molar-refractivity contribution is -0.131. The molecule has 3 aromatic rings. The van der Waals surface area contributed by atoms with Gasteiger partial charge in [0.25, 0.3) is 5.56 Å². The number of aromatic nitrogens is 3. The first-order valence-corrected chi connectivity index (χ1v) is 10.1. The minimum absolute atomic E-state index is 0.117. The fraction of sp³-hybridized carbons (Fsp3) is 0.364. The van der Waals surface area contributed by atoms with Crippen LogP contribution in [0.25, 0.3) is 10.9 Å². The highest BCUT2D eigenvalue weighted by atomic mass is 16.5. The molecule has 0 atom stereocenters. The molecule has 0 saturated carbocycles. The number of hydrogen-bond acceptors (Lipinski definition) is 6. The zero-order chi connectivity index (χ0) is 20.9. The summed E-state index contributed by atoms with van der Waals surface area (Å²) in [5.41, 5.74) is 1.56. The molecule has 1 saturated heterocycles. The van der Waals surface area contributed by atoms with Crippen LogP contribution >= 0.6 is 0 Å². The van der Waals surface area contributed by atoms with Crippen LogP contribution in [0.15, 0.2) is 53.3 Å². The van der Waals surface area contributed by atoms with Gasteiger partial charge in [-0.25, -0.2) is 4.68 Å². The molecule has 8 nitrogen and oxygen atoms in total. The number of carbonyl (C=O) groups excluding carboxylic acids is 1. The van der Waals surface area contributed by atoms with E-state index in [2.05, 4.69) is 15.2 Å². The molecule has 0 spiro atoms. The van der Waals surface area contributed by atoms with Crippen LogP contribution in [0.1, 0.15) is 12.8 Å². The fourth-order valence-corrected chi connectivity index (χ4v) is 3.72. The summed E-state index contributed by atoms with van der Waals surface area (Å²) in [6.45, 7) is 3.37. The fourth-order valence-electron chi connectivity index (χ4n) is 3.72. The normalized spacial score (nSPS) is 14.2. The summed E-state index contributed by atoms with van der Waals surface area (Å²) in [6.07, 6.45) is 0.952. The van der Waals surface area contributed by atoms with E-state index in [1.165, 1.54) is 4.68 Å². The lowest BCUT2D eigenvalue weighted by Crippen LogP contribution is -2.48. The minimum atomic E-state index is -0.166. The summed E-state index contributed by atoms with van der Waals surface area (Å²) < 4.78 is 6.55. The molecule has 0 aliphatic carbocycles. The summed E-state index contributed by atoms with van der Waals surface area (Å²) >= 11 is 0. The number of rotatable bonds is 6. The third-order valence-electron chi connectivity index (χ3n) is 5.46. The molecule has 1 aliphatic rings. The Bertz CT molecular complexity index is 1070. The Kier molecular flexibility index (Phi) is 5.92. The lowest BCUT2D eigenvalue weighted by atomic mass is 10.2. The molecule has 0 unspecified atom stereocenters. The van der Waals surface area contributed by atoms with Gasteiger partial charge in [-0.2, -0.15) is 0 Å². The van der Waals surface area contributed by atoms with Crippen LogP contribution in [0, 0.1) is 0 Å². The van der Waals surface area contributed by atoms with E-state index < -0.39 is 0 Å². The number of methoxy groups -OCH3 is 1. The van der Waals surface area contributed by atoms with Crippen molar-refractivity contribution in [2.24, 2.45) is 0 Å². The average molecular weight is 407 g/mol. The van der Waals surface area contributed by atoms with Crippen molar-refractivity contribution in [3.8, 4) is 5.75 Å². The Labute approximate surface area is 174 Å². The highest BCUT2D eigenvalue weighted by Crippen LogP contribution is 2.20. The highest BCUT2D eigenvalue weighted by molar-refractivity contribution is 5.77. The number of benzene rings is 2. The monoisotopic (exact) mass is 407 g/mol. The van der Waals surface area contributed by atoms with Gasteiger partial charge in [0.15, 0.2) is 0 Å². The zero-order valence-electron chi connectivity index (χ0n) is 17.0. The van der Waals surface area contributed by atoms with Crippen molar-refractivity contribution in [2.75, 3.05) is 38.2 Å². The maximum Gasteiger partial charge on any atom is 0.277 e. The number of carbonyl (C=O) groups is 1. The number of fused-ring (bicyclic) bond motifs is 1. The van der Waals surface area contributed by atoms with Gasteiger partial charge in [0, 0.05) is 44.8 Å². The quantitative estimate of drug-likeness (QED) is 0.621. The van der Waals surface area contributed by atoms with Crippen LogP contribution in [0.5, 0.6) is 5.75 Å². The molecular formula is C22H25N5O3. The second-order valence-corrected chi connectivity index (χ2v) is 7.30. The Morgan fingerprint density at radius 2 is 1.77 bits per heavy atom. The molecule has 0 radical (unpaired) electrons. The molecule has 30 heavy (non-hydrogen) atoms. The largest absolute Gasteiger partial charge is 0.497 e. The van der Waals surface area contributed by atoms with E-state index in [1.807, 2.05) is 41.3 Å². The maximum atomic E-state index is 12.6. The maximum absolute atomic E-state index is 12.6. The van der Waals surface area contributed by atoms with Crippen molar-refractivity contribution in [1.82, 2.24) is 19.9 Å². The van der Waals surface area contributed by atoms with Gasteiger partial charge in [0.1, 0.15) is 11.3 Å². The third-order valence-corrected chi connectivity index (χ3v) is 5.46. The van der Waals surface area contributed by atoms with Gasteiger partial charge < -0.3 is 14.5 Å². The number of hydrogen-bond donors (Lipinski definition) is 0. The smallest absolute Gasteiger partial charge is 0.277 e. The van der Waals surface area contributed by atoms with Crippen molar-refractivity contribution < 1.29 is 9.53 Å². The molecule has 1 fully saturated rings. The number of aryl methyl sites for hydroxylation is 1. The van der Waals surface area contributed by atoms with E-state index in [0.29, 0.717) is 43.4 Å². The molecule has 2 aromatic carbocycles. The molecule has 1 amide bonds. The third kappa shape index (κ3) is 4.27. The first kappa shape index (κ1) is 19.9. The van der Waals surface area contributed by atoms with Crippen molar-refractivity contribution in [3.63, 3.8) is 0 Å². The molecule has 0 bridgehead atoms. The Hall–Kier alpha value is -3.42. The van der Waals surface area contributed by atoms with E-state index in [9.17, 15) is 9.59 Å². The van der Waals surface area contributed by atoms with Gasteiger partial charge in [0.05, 0.1) is 12.5 Å². The summed E-state index contributed by atoms with van der Waals surface area (Å²) in [6, 6.07) is 15.1. The van der Waals surface area contributed by atoms with Crippen LogP contribution in [-0.2, 0) is 11.3 Å². The topological polar surface area (TPSA) is 80.6 Å². The lowest BCUT2D eigenvalue weighted by Gasteiger charge is -2.36. The van der Waals surface area contributed by atoms with Crippen LogP contribution < -0.4 is 15.2 Å². The van der Waals surface area contributed by atoms with Crippen LogP contribution in [0.3, 0.4) is 0 Å². The molecule has 1 aliphatic heterocycles. The number of anilines is 1. The van der Waals surface area contributed by atoms with E-state index in [1.54, 1.807) is 19.2 Å². The van der Waals surface area contributed by atoms with E-state index in [0.717, 1.165) is 24.5 Å². The second kappa shape index (κ2) is 8.94. The summed E-state index contributed by atoms with van der Waals surface area (Å²) in [5, 5.41) is 8.62. The zero-order valence-corrected chi connectivity index (χ0v) is 17.0. The molecule has 1 aromatic heterocycles. The first-order chi connectivity index (χ1) is 14.7. The standard InChI is InChI=1S/C22H25N5O3/c1-30-18-10-8-17(9-11-18)25-13-15-26(16-14-25)21(28)7-4-12-27-22(29)19-5-2-3-6-20(19)23-24-27/h2-3,5-6,8-11H,4,7,12-16H2,1H3. The van der Waals surface area contributed by atoms with Crippen molar-refractivity contribution >= 4 is 22.5 Å². The summed E-state index contributed by atoms with van der Waals surface area (Å²) in [4.78, 5) is 29.2. The number of nitrogens with zero attached hydrogens (tertiary/aromatic N) is 5. The van der Waals surface area contributed by atoms with Crippen molar-refractivity contribution in [1.29, 1.82) is 0 Å². The average Bonchev–Trinajstić information content (AvgIpc) is 2.81. The Morgan fingerprint density at radius 1 is 1.03 bits per heavy atom. The SMILES string of the molecule is COc1ccc(N2CCN(C(=O)CCCn3nnc4ccccc4c3=O)CC2)cc1. The molecule has 8 heteroatoms. The van der Waals surface area contributed by atoms with Gasteiger partial charge in [-0.3, -0.25) is 9.59 Å². The highest BCUT2D eigenvalue weighted by Gasteiger charge is 2.21. The van der Waals surface area contributed by atoms with Crippen molar-refractivity contribution in [2.45, 2.75) is 19.4 Å². The Morgan fingerprint density at radius 3 is 2.50 bits per heavy atom. The molecule has 4 rings (SSSR count). The van der Waals surface area contributed by atoms with Gasteiger partial charge in [-0.1, -0.05) is 17.3 Å². The molecule has 2 heterocycles. The van der Waals surface area contributed by atoms with E-state index >= 15 is 0 Å². The molecular weight excluding hydrogens is 382 g/mol. The van der Waals surface area contributed by atoms with Gasteiger partial charge >= 0.3 is 0 Å². The predicted octanol–water partition coefficient (Wildman–Crippen LogP) is 1.93. The Balaban J connectivity index is 1.27. The predicted molar refractivity (Wildman–Crippen MR) is 115 cm³/mol. The van der Waals surface area contributed by atoms with Crippen LogP contribution in [0.4, 0.5) is 5.69 Å². The molecule has 156 valence electrons. The van der Waals surface area contributed by atoms with E-state index in [-0.39, 0.29) is 11.5 Å². The summed E-state index contributed by atoms with van der Waals surface area (Å²) in [5.74, 6) is 0.953. The minimum Gasteiger partial charge on any atom is -0.497 e. The summed E-state index contributed by atoms with van der Waals surface area (Å²) in [7, 11) is 1.66. The number of ether oxygens (including phenoxy) is 1.